The molecule has 0 radical (unpaired) electrons. The van der Waals surface area contributed by atoms with Crippen LogP contribution in [0.15, 0.2) is 54.2 Å². The van der Waals surface area contributed by atoms with Crippen LogP contribution in [0.4, 0.5) is 0 Å². The molecular weight excluding hydrogens is 412 g/mol. The first-order valence-corrected chi connectivity index (χ1v) is 12.2. The van der Waals surface area contributed by atoms with Crippen LogP contribution in [0.3, 0.4) is 0 Å². The fourth-order valence-corrected chi connectivity index (χ4v) is 6.20. The molecule has 6 rings (SSSR count). The molecule has 0 unspecified atom stereocenters. The minimum Gasteiger partial charge on any atom is -0.497 e. The van der Waals surface area contributed by atoms with Gasteiger partial charge in [0.15, 0.2) is 0 Å². The first kappa shape index (κ1) is 20.8. The Morgan fingerprint density at radius 3 is 2.52 bits per heavy atom. The first-order valence-electron chi connectivity index (χ1n) is 12.2. The van der Waals surface area contributed by atoms with E-state index in [0.29, 0.717) is 19.0 Å². The van der Waals surface area contributed by atoms with Gasteiger partial charge < -0.3 is 14.4 Å². The highest BCUT2D eigenvalue weighted by atomic mass is 16.5. The van der Waals surface area contributed by atoms with Crippen molar-refractivity contribution in [3.05, 3.63) is 70.9 Å². The third-order valence-corrected chi connectivity index (χ3v) is 8.19. The summed E-state index contributed by atoms with van der Waals surface area (Å²) in [5.74, 6) is 2.79. The number of benzene rings is 2. The van der Waals surface area contributed by atoms with Crippen molar-refractivity contribution in [2.45, 2.75) is 50.1 Å². The molecule has 1 amide bonds. The molecule has 2 aromatic carbocycles. The number of ether oxygens (including phenoxy) is 2. The summed E-state index contributed by atoms with van der Waals surface area (Å²) in [6, 6.07) is 14.9. The number of likely N-dealkylation sites (tertiary alicyclic amines) is 1. The summed E-state index contributed by atoms with van der Waals surface area (Å²) in [6.45, 7) is 2.86. The predicted octanol–water partition coefficient (Wildman–Crippen LogP) is 4.30. The van der Waals surface area contributed by atoms with E-state index in [1.807, 2.05) is 17.0 Å². The molecule has 5 nitrogen and oxygen atoms in total. The van der Waals surface area contributed by atoms with Gasteiger partial charge in [-0.3, -0.25) is 9.69 Å². The number of piperidine rings is 1. The number of fused-ring (bicyclic) bond motifs is 1. The number of carbonyl (C=O) groups is 1. The SMILES string of the molecule is COc1ccc(CN2C=C3[C@H]4Cc5ccc(OC)cc5[C@@]3(CCN4CC3CC3)CC2=O)cc1. The molecule has 2 heterocycles. The molecule has 2 bridgehead atoms. The van der Waals surface area contributed by atoms with Gasteiger partial charge in [0.05, 0.1) is 20.8 Å². The smallest absolute Gasteiger partial charge is 0.228 e. The Balaban J connectivity index is 1.40. The molecule has 33 heavy (non-hydrogen) atoms. The van der Waals surface area contributed by atoms with Crippen LogP contribution in [0.2, 0.25) is 0 Å². The monoisotopic (exact) mass is 444 g/mol. The first-order chi connectivity index (χ1) is 16.1. The van der Waals surface area contributed by atoms with Crippen molar-refractivity contribution in [2.75, 3.05) is 27.3 Å². The highest BCUT2D eigenvalue weighted by molar-refractivity contribution is 5.82. The van der Waals surface area contributed by atoms with Crippen molar-refractivity contribution < 1.29 is 14.3 Å². The van der Waals surface area contributed by atoms with Gasteiger partial charge >= 0.3 is 0 Å². The maximum atomic E-state index is 13.5. The summed E-state index contributed by atoms with van der Waals surface area (Å²) in [5.41, 5.74) is 5.06. The summed E-state index contributed by atoms with van der Waals surface area (Å²) >= 11 is 0. The molecule has 2 atom stereocenters. The van der Waals surface area contributed by atoms with Gasteiger partial charge in [-0.05, 0) is 84.7 Å². The number of hydrogen-bond acceptors (Lipinski definition) is 4. The molecule has 1 saturated heterocycles. The molecule has 172 valence electrons. The number of methoxy groups -OCH3 is 2. The predicted molar refractivity (Wildman–Crippen MR) is 127 cm³/mol. The van der Waals surface area contributed by atoms with Crippen LogP contribution in [0.5, 0.6) is 11.5 Å². The topological polar surface area (TPSA) is 42.0 Å². The van der Waals surface area contributed by atoms with Gasteiger partial charge in [-0.15, -0.1) is 0 Å². The molecular formula is C28H32N2O3. The number of hydrogen-bond donors (Lipinski definition) is 0. The van der Waals surface area contributed by atoms with Crippen molar-refractivity contribution >= 4 is 5.91 Å². The number of carbonyl (C=O) groups excluding carboxylic acids is 1. The minimum atomic E-state index is -0.194. The Hall–Kier alpha value is -2.79. The normalized spacial score (nSPS) is 26.4. The van der Waals surface area contributed by atoms with E-state index in [4.69, 9.17) is 9.47 Å². The molecule has 1 saturated carbocycles. The van der Waals surface area contributed by atoms with Crippen LogP contribution in [0.25, 0.3) is 0 Å². The van der Waals surface area contributed by atoms with Crippen molar-refractivity contribution in [3.63, 3.8) is 0 Å². The van der Waals surface area contributed by atoms with E-state index in [9.17, 15) is 4.79 Å². The van der Waals surface area contributed by atoms with Crippen LogP contribution in [0, 0.1) is 5.92 Å². The van der Waals surface area contributed by atoms with E-state index in [2.05, 4.69) is 41.4 Å². The zero-order chi connectivity index (χ0) is 22.6. The van der Waals surface area contributed by atoms with Gasteiger partial charge in [0.2, 0.25) is 5.91 Å². The molecule has 2 aliphatic carbocycles. The largest absolute Gasteiger partial charge is 0.497 e. The Labute approximate surface area is 196 Å². The summed E-state index contributed by atoms with van der Waals surface area (Å²) in [7, 11) is 3.40. The van der Waals surface area contributed by atoms with Crippen LogP contribution in [-0.4, -0.2) is 49.1 Å². The molecule has 0 N–H and O–H groups in total. The molecule has 5 heteroatoms. The van der Waals surface area contributed by atoms with E-state index in [0.717, 1.165) is 42.4 Å². The zero-order valence-corrected chi connectivity index (χ0v) is 19.5. The lowest BCUT2D eigenvalue weighted by atomic mass is 9.58. The number of amides is 1. The second-order valence-electron chi connectivity index (χ2n) is 10.1. The standard InChI is InChI=1S/C28H32N2O3/c1-32-22-8-5-20(6-9-22)17-30-18-25-26-13-21-7-10-23(33-2)14-24(21)28(25,15-27(30)31)11-12-29(26)16-19-3-4-19/h5-10,14,18-19,26H,3-4,11-13,15-17H2,1-2H3/t26-,28-/m1/s1. The lowest BCUT2D eigenvalue weighted by molar-refractivity contribution is -0.132. The molecule has 4 aliphatic rings. The van der Waals surface area contributed by atoms with Crippen molar-refractivity contribution in [1.82, 2.24) is 9.80 Å². The highest BCUT2D eigenvalue weighted by Crippen LogP contribution is 2.54. The Morgan fingerprint density at radius 2 is 1.79 bits per heavy atom. The minimum absolute atomic E-state index is 0.194. The van der Waals surface area contributed by atoms with Crippen molar-refractivity contribution in [3.8, 4) is 11.5 Å². The van der Waals surface area contributed by atoms with Gasteiger partial charge in [-0.25, -0.2) is 0 Å². The number of nitrogens with zero attached hydrogens (tertiary/aromatic N) is 2. The molecule has 0 aromatic heterocycles. The molecule has 2 aliphatic heterocycles. The van der Waals surface area contributed by atoms with Crippen LogP contribution in [-0.2, 0) is 23.2 Å². The van der Waals surface area contributed by atoms with E-state index in [1.165, 1.54) is 36.1 Å². The van der Waals surface area contributed by atoms with Gasteiger partial charge in [0, 0.05) is 30.6 Å². The van der Waals surface area contributed by atoms with Gasteiger partial charge in [0.1, 0.15) is 11.5 Å². The quantitative estimate of drug-likeness (QED) is 0.666. The van der Waals surface area contributed by atoms with E-state index >= 15 is 0 Å². The Kier molecular flexibility index (Phi) is 4.98. The maximum Gasteiger partial charge on any atom is 0.228 e. The summed E-state index contributed by atoms with van der Waals surface area (Å²) in [6.07, 6.45) is 7.51. The Morgan fingerprint density at radius 1 is 1.03 bits per heavy atom. The lowest BCUT2D eigenvalue weighted by Crippen LogP contribution is -2.59. The molecule has 2 fully saturated rings. The average molecular weight is 445 g/mol. The third-order valence-electron chi connectivity index (χ3n) is 8.19. The fraction of sp³-hybridized carbons (Fsp3) is 0.464. The molecule has 2 aromatic rings. The second kappa shape index (κ2) is 7.91. The number of rotatable bonds is 6. The summed E-state index contributed by atoms with van der Waals surface area (Å²) in [5, 5.41) is 0. The van der Waals surface area contributed by atoms with E-state index in [-0.39, 0.29) is 11.3 Å². The zero-order valence-electron chi connectivity index (χ0n) is 19.5. The summed E-state index contributed by atoms with van der Waals surface area (Å²) < 4.78 is 10.9. The fourth-order valence-electron chi connectivity index (χ4n) is 6.20. The van der Waals surface area contributed by atoms with Crippen LogP contribution in [0.1, 0.15) is 42.4 Å². The second-order valence-corrected chi connectivity index (χ2v) is 10.1. The van der Waals surface area contributed by atoms with Gasteiger partial charge in [0.25, 0.3) is 0 Å². The van der Waals surface area contributed by atoms with Gasteiger partial charge in [-0.1, -0.05) is 18.2 Å². The van der Waals surface area contributed by atoms with Gasteiger partial charge in [-0.2, -0.15) is 0 Å². The van der Waals surface area contributed by atoms with E-state index in [1.54, 1.807) is 14.2 Å². The average Bonchev–Trinajstić information content (AvgIpc) is 3.66. The van der Waals surface area contributed by atoms with Crippen LogP contribution >= 0.6 is 0 Å². The van der Waals surface area contributed by atoms with Crippen molar-refractivity contribution in [2.24, 2.45) is 5.92 Å². The van der Waals surface area contributed by atoms with Crippen LogP contribution < -0.4 is 9.47 Å². The van der Waals surface area contributed by atoms with Crippen molar-refractivity contribution in [1.29, 1.82) is 0 Å². The van der Waals surface area contributed by atoms with E-state index < -0.39 is 0 Å². The maximum absolute atomic E-state index is 13.5. The molecule has 0 spiro atoms. The highest BCUT2D eigenvalue weighted by Gasteiger charge is 2.53. The summed E-state index contributed by atoms with van der Waals surface area (Å²) in [4.78, 5) is 18.2. The lowest BCUT2D eigenvalue weighted by Gasteiger charge is -2.55. The Bertz CT molecular complexity index is 1100. The third kappa shape index (κ3) is 3.54.